The largest absolute Gasteiger partial charge is 0.377 e. The molecule has 0 bridgehead atoms. The predicted octanol–water partition coefficient (Wildman–Crippen LogP) is -0.194. The third-order valence-electron chi connectivity index (χ3n) is 3.48. The number of rotatable bonds is 3. The minimum absolute atomic E-state index is 0.0657. The molecule has 1 saturated heterocycles. The number of carbonyl (C=O) groups is 1. The summed E-state index contributed by atoms with van der Waals surface area (Å²) in [4.78, 5) is 19.5. The monoisotopic (exact) mass is 295 g/mol. The highest BCUT2D eigenvalue weighted by Gasteiger charge is 2.32. The first kappa shape index (κ1) is 13.3. The molecule has 1 unspecified atom stereocenters. The summed E-state index contributed by atoms with van der Waals surface area (Å²) in [5.41, 5.74) is 6.79. The number of fused-ring (bicyclic) bond motifs is 1. The van der Waals surface area contributed by atoms with Crippen LogP contribution in [0.1, 0.15) is 5.69 Å². The van der Waals surface area contributed by atoms with E-state index in [1.807, 2.05) is 20.9 Å². The Morgan fingerprint density at radius 3 is 3.30 bits per heavy atom. The molecule has 0 spiro atoms. The van der Waals surface area contributed by atoms with Gasteiger partial charge in [-0.2, -0.15) is 0 Å². The van der Waals surface area contributed by atoms with Crippen LogP contribution >= 0.6 is 11.3 Å². The first-order chi connectivity index (χ1) is 9.76. The van der Waals surface area contributed by atoms with Gasteiger partial charge in [-0.15, -0.1) is 11.3 Å². The first-order valence-electron chi connectivity index (χ1n) is 6.46. The minimum Gasteiger partial charge on any atom is -0.377 e. The Balaban J connectivity index is 2.02. The van der Waals surface area contributed by atoms with Crippen molar-refractivity contribution < 1.29 is 9.53 Å². The van der Waals surface area contributed by atoms with Crippen LogP contribution in [0.4, 0.5) is 5.82 Å². The summed E-state index contributed by atoms with van der Waals surface area (Å²) in [6.07, 6.45) is 1.95. The van der Waals surface area contributed by atoms with Crippen LogP contribution in [-0.4, -0.2) is 48.1 Å². The standard InChI is InChI=1S/C12H17N5O2S/c1-14-11(18)9-7-19-4-2-16(9)10-8(6-13)17-3-5-20-12(17)15-10/h3,5,9H,2,4,6-7,13H2,1H3,(H,14,18). The van der Waals surface area contributed by atoms with Crippen LogP contribution in [0.25, 0.3) is 4.96 Å². The van der Waals surface area contributed by atoms with Crippen molar-refractivity contribution >= 4 is 28.0 Å². The summed E-state index contributed by atoms with van der Waals surface area (Å²) in [6.45, 7) is 1.97. The van der Waals surface area contributed by atoms with E-state index in [-0.39, 0.29) is 11.9 Å². The molecule has 0 aliphatic carbocycles. The van der Waals surface area contributed by atoms with Crippen molar-refractivity contribution in [1.29, 1.82) is 0 Å². The fraction of sp³-hybridized carbons (Fsp3) is 0.500. The number of nitrogens with zero attached hydrogens (tertiary/aromatic N) is 3. The van der Waals surface area contributed by atoms with E-state index in [1.54, 1.807) is 18.4 Å². The fourth-order valence-electron chi connectivity index (χ4n) is 2.48. The molecule has 8 heteroatoms. The van der Waals surface area contributed by atoms with Gasteiger partial charge in [0.05, 0.1) is 18.9 Å². The zero-order chi connectivity index (χ0) is 14.1. The number of nitrogens with two attached hydrogens (primary N) is 1. The van der Waals surface area contributed by atoms with Crippen LogP contribution in [0, 0.1) is 0 Å². The topological polar surface area (TPSA) is 84.9 Å². The lowest BCUT2D eigenvalue weighted by Crippen LogP contribution is -2.53. The smallest absolute Gasteiger partial charge is 0.244 e. The molecule has 108 valence electrons. The summed E-state index contributed by atoms with van der Waals surface area (Å²) in [7, 11) is 1.63. The van der Waals surface area contributed by atoms with Gasteiger partial charge >= 0.3 is 0 Å². The Bertz CT molecular complexity index is 622. The SMILES string of the molecule is CNC(=O)C1COCCN1c1nc2sccn2c1CN. The van der Waals surface area contributed by atoms with E-state index >= 15 is 0 Å². The van der Waals surface area contributed by atoms with Crippen LogP contribution in [-0.2, 0) is 16.1 Å². The number of likely N-dealkylation sites (N-methyl/N-ethyl adjacent to an activating group) is 1. The van der Waals surface area contributed by atoms with Gasteiger partial charge in [0.1, 0.15) is 6.04 Å². The van der Waals surface area contributed by atoms with Crippen LogP contribution in [0.15, 0.2) is 11.6 Å². The molecule has 3 heterocycles. The van der Waals surface area contributed by atoms with Crippen molar-refractivity contribution in [3.05, 3.63) is 17.3 Å². The fourth-order valence-corrected chi connectivity index (χ4v) is 3.21. The van der Waals surface area contributed by atoms with Crippen molar-refractivity contribution in [3.63, 3.8) is 0 Å². The lowest BCUT2D eigenvalue weighted by molar-refractivity contribution is -0.124. The highest BCUT2D eigenvalue weighted by molar-refractivity contribution is 7.15. The van der Waals surface area contributed by atoms with Gasteiger partial charge in [0.2, 0.25) is 5.91 Å². The Morgan fingerprint density at radius 2 is 2.55 bits per heavy atom. The number of imidazole rings is 1. The van der Waals surface area contributed by atoms with Crippen LogP contribution < -0.4 is 16.0 Å². The van der Waals surface area contributed by atoms with E-state index in [0.717, 1.165) is 16.5 Å². The minimum atomic E-state index is -0.358. The van der Waals surface area contributed by atoms with Gasteiger partial charge in [-0.05, 0) is 0 Å². The van der Waals surface area contributed by atoms with E-state index in [1.165, 1.54) is 0 Å². The van der Waals surface area contributed by atoms with Gasteiger partial charge in [-0.1, -0.05) is 0 Å². The second-order valence-electron chi connectivity index (χ2n) is 4.54. The molecule has 1 fully saturated rings. The van der Waals surface area contributed by atoms with Gasteiger partial charge in [-0.25, -0.2) is 4.98 Å². The number of amides is 1. The molecule has 1 atom stereocenters. The molecule has 3 N–H and O–H groups in total. The van der Waals surface area contributed by atoms with Gasteiger partial charge < -0.3 is 20.7 Å². The Labute approximate surface area is 120 Å². The lowest BCUT2D eigenvalue weighted by atomic mass is 10.2. The summed E-state index contributed by atoms with van der Waals surface area (Å²) in [5, 5.41) is 4.65. The second kappa shape index (κ2) is 5.39. The number of thiazole rings is 1. The second-order valence-corrected chi connectivity index (χ2v) is 5.41. The van der Waals surface area contributed by atoms with Gasteiger partial charge in [0, 0.05) is 31.7 Å². The zero-order valence-electron chi connectivity index (χ0n) is 11.2. The number of carbonyl (C=O) groups excluding carboxylic acids is 1. The number of ether oxygens (including phenoxy) is 1. The van der Waals surface area contributed by atoms with Crippen LogP contribution in [0.5, 0.6) is 0 Å². The lowest BCUT2D eigenvalue weighted by Gasteiger charge is -2.35. The molecular weight excluding hydrogens is 278 g/mol. The van der Waals surface area contributed by atoms with Gasteiger partial charge in [-0.3, -0.25) is 9.20 Å². The average molecular weight is 295 g/mol. The summed E-state index contributed by atoms with van der Waals surface area (Å²) in [5.74, 6) is 0.722. The highest BCUT2D eigenvalue weighted by atomic mass is 32.1. The molecule has 0 saturated carbocycles. The third kappa shape index (κ3) is 2.05. The van der Waals surface area contributed by atoms with Crippen LogP contribution in [0.3, 0.4) is 0 Å². The number of hydrogen-bond donors (Lipinski definition) is 2. The number of nitrogens with one attached hydrogen (secondary N) is 1. The van der Waals surface area contributed by atoms with Crippen molar-refractivity contribution in [2.45, 2.75) is 12.6 Å². The molecule has 2 aromatic heterocycles. The van der Waals surface area contributed by atoms with E-state index in [2.05, 4.69) is 10.3 Å². The van der Waals surface area contributed by atoms with E-state index in [4.69, 9.17) is 10.5 Å². The maximum absolute atomic E-state index is 12.0. The predicted molar refractivity (Wildman–Crippen MR) is 77.0 cm³/mol. The molecule has 20 heavy (non-hydrogen) atoms. The molecule has 3 rings (SSSR count). The van der Waals surface area contributed by atoms with Gasteiger partial charge in [0.15, 0.2) is 10.8 Å². The molecule has 7 nitrogen and oxygen atoms in total. The van der Waals surface area contributed by atoms with E-state index in [0.29, 0.717) is 26.3 Å². The van der Waals surface area contributed by atoms with E-state index < -0.39 is 0 Å². The first-order valence-corrected chi connectivity index (χ1v) is 7.34. The number of hydrogen-bond acceptors (Lipinski definition) is 6. The van der Waals surface area contributed by atoms with Crippen molar-refractivity contribution in [1.82, 2.24) is 14.7 Å². The Kier molecular flexibility index (Phi) is 3.60. The van der Waals surface area contributed by atoms with Crippen LogP contribution in [0.2, 0.25) is 0 Å². The summed E-state index contributed by atoms with van der Waals surface area (Å²) < 4.78 is 7.40. The van der Waals surface area contributed by atoms with Crippen molar-refractivity contribution in [2.75, 3.05) is 31.7 Å². The molecule has 1 aliphatic rings. The molecule has 1 amide bonds. The summed E-state index contributed by atoms with van der Waals surface area (Å²) in [6, 6.07) is -0.358. The molecule has 0 aromatic carbocycles. The van der Waals surface area contributed by atoms with Crippen molar-refractivity contribution in [3.8, 4) is 0 Å². The average Bonchev–Trinajstić information content (AvgIpc) is 3.06. The Morgan fingerprint density at radius 1 is 1.70 bits per heavy atom. The maximum Gasteiger partial charge on any atom is 0.244 e. The maximum atomic E-state index is 12.0. The quantitative estimate of drug-likeness (QED) is 0.819. The zero-order valence-corrected chi connectivity index (χ0v) is 12.0. The molecular formula is C12H17N5O2S. The van der Waals surface area contributed by atoms with E-state index in [9.17, 15) is 4.79 Å². The Hall–Kier alpha value is -1.64. The van der Waals surface area contributed by atoms with Gasteiger partial charge in [0.25, 0.3) is 0 Å². The van der Waals surface area contributed by atoms with Crippen molar-refractivity contribution in [2.24, 2.45) is 5.73 Å². The number of anilines is 1. The normalized spacial score (nSPS) is 19.5. The number of morpholine rings is 1. The highest BCUT2D eigenvalue weighted by Crippen LogP contribution is 2.27. The third-order valence-corrected chi connectivity index (χ3v) is 4.24. The molecule has 2 aromatic rings. The molecule has 1 aliphatic heterocycles. The number of aromatic nitrogens is 2. The molecule has 0 radical (unpaired) electrons. The summed E-state index contributed by atoms with van der Waals surface area (Å²) >= 11 is 1.55.